The van der Waals surface area contributed by atoms with Crippen LogP contribution in [0.5, 0.6) is 0 Å². The van der Waals surface area contributed by atoms with Gasteiger partial charge in [0.15, 0.2) is 0 Å². The van der Waals surface area contributed by atoms with Gasteiger partial charge in [-0.2, -0.15) is 0 Å². The molecule has 0 aliphatic carbocycles. The summed E-state index contributed by atoms with van der Waals surface area (Å²) >= 11 is 1.54. The molecule has 1 aliphatic rings. The van der Waals surface area contributed by atoms with Crippen molar-refractivity contribution in [2.75, 3.05) is 0 Å². The van der Waals surface area contributed by atoms with Crippen molar-refractivity contribution in [2.45, 2.75) is 45.2 Å². The highest BCUT2D eigenvalue weighted by Gasteiger charge is 2.22. The van der Waals surface area contributed by atoms with Gasteiger partial charge in [-0.15, -0.1) is 21.5 Å². The van der Waals surface area contributed by atoms with Crippen molar-refractivity contribution in [1.82, 2.24) is 20.1 Å². The zero-order valence-corrected chi connectivity index (χ0v) is 15.6. The normalized spacial score (nSPS) is 16.7. The Hall–Kier alpha value is -2.47. The molecule has 1 aliphatic heterocycles. The summed E-state index contributed by atoms with van der Waals surface area (Å²) in [4.78, 5) is 14.4. The summed E-state index contributed by atoms with van der Waals surface area (Å²) in [5.41, 5.74) is 1.24. The molecule has 4 rings (SSSR count). The summed E-state index contributed by atoms with van der Waals surface area (Å²) < 4.78 is 2.23. The highest BCUT2D eigenvalue weighted by molar-refractivity contribution is 7.13. The van der Waals surface area contributed by atoms with E-state index < -0.39 is 0 Å². The highest BCUT2D eigenvalue weighted by Crippen LogP contribution is 2.19. The van der Waals surface area contributed by atoms with E-state index in [9.17, 15) is 4.79 Å². The largest absolute Gasteiger partial charge is 0.349 e. The van der Waals surface area contributed by atoms with Gasteiger partial charge in [0.1, 0.15) is 11.6 Å². The Morgan fingerprint density at radius 3 is 2.81 bits per heavy atom. The van der Waals surface area contributed by atoms with Crippen molar-refractivity contribution >= 4 is 17.2 Å². The smallest absolute Gasteiger partial charge is 0.261 e. The SMILES string of the molecule is Cc1ccc(C(=O)NC2CCc3nnc(Cc4ccccc4)n3CC2)s1. The van der Waals surface area contributed by atoms with Gasteiger partial charge in [0.2, 0.25) is 0 Å². The molecule has 0 radical (unpaired) electrons. The fourth-order valence-electron chi connectivity index (χ4n) is 3.41. The Labute approximate surface area is 157 Å². The molecular formula is C20H22N4OS. The second-order valence-corrected chi connectivity index (χ2v) is 8.04. The van der Waals surface area contributed by atoms with Crippen LogP contribution in [0.25, 0.3) is 0 Å². The van der Waals surface area contributed by atoms with Gasteiger partial charge in [-0.3, -0.25) is 4.79 Å². The van der Waals surface area contributed by atoms with Crippen LogP contribution in [0.15, 0.2) is 42.5 Å². The average molecular weight is 366 g/mol. The molecule has 3 aromatic rings. The minimum absolute atomic E-state index is 0.0373. The number of carbonyl (C=O) groups is 1. The van der Waals surface area contributed by atoms with Gasteiger partial charge in [-0.05, 0) is 37.5 Å². The molecular weight excluding hydrogens is 344 g/mol. The molecule has 0 fully saturated rings. The van der Waals surface area contributed by atoms with Gasteiger partial charge in [0.25, 0.3) is 5.91 Å². The predicted molar refractivity (Wildman–Crippen MR) is 103 cm³/mol. The molecule has 6 heteroatoms. The second kappa shape index (κ2) is 7.41. The molecule has 0 saturated heterocycles. The maximum atomic E-state index is 12.4. The number of thiophene rings is 1. The van der Waals surface area contributed by atoms with E-state index in [1.165, 1.54) is 5.56 Å². The quantitative estimate of drug-likeness (QED) is 0.770. The molecule has 1 N–H and O–H groups in total. The molecule has 134 valence electrons. The minimum Gasteiger partial charge on any atom is -0.349 e. The number of nitrogens with zero attached hydrogens (tertiary/aromatic N) is 3. The number of fused-ring (bicyclic) bond motifs is 1. The summed E-state index contributed by atoms with van der Waals surface area (Å²) in [6.45, 7) is 2.87. The van der Waals surface area contributed by atoms with E-state index in [0.717, 1.165) is 53.6 Å². The Balaban J connectivity index is 1.42. The standard InChI is InChI=1S/C20H22N4OS/c1-14-7-9-17(26-14)20(25)21-16-8-10-18-22-23-19(24(18)12-11-16)13-15-5-3-2-4-6-15/h2-7,9,16H,8,10-13H2,1H3,(H,21,25). The van der Waals surface area contributed by atoms with Gasteiger partial charge in [0, 0.05) is 30.3 Å². The first-order chi connectivity index (χ1) is 12.7. The lowest BCUT2D eigenvalue weighted by Gasteiger charge is -2.15. The van der Waals surface area contributed by atoms with Crippen LogP contribution in [0, 0.1) is 6.92 Å². The van der Waals surface area contributed by atoms with Crippen LogP contribution in [0.1, 0.15) is 44.6 Å². The molecule has 5 nitrogen and oxygen atoms in total. The van der Waals surface area contributed by atoms with E-state index in [4.69, 9.17) is 0 Å². The molecule has 1 atom stereocenters. The van der Waals surface area contributed by atoms with Crippen LogP contribution in [0.2, 0.25) is 0 Å². The fraction of sp³-hybridized carbons (Fsp3) is 0.350. The third kappa shape index (κ3) is 3.70. The zero-order chi connectivity index (χ0) is 17.9. The van der Waals surface area contributed by atoms with E-state index in [1.54, 1.807) is 11.3 Å². The average Bonchev–Trinajstić information content (AvgIpc) is 3.19. The Kier molecular flexibility index (Phi) is 4.84. The van der Waals surface area contributed by atoms with Crippen LogP contribution in [0.3, 0.4) is 0 Å². The van der Waals surface area contributed by atoms with E-state index in [0.29, 0.717) is 0 Å². The van der Waals surface area contributed by atoms with E-state index in [1.807, 2.05) is 37.3 Å². The van der Waals surface area contributed by atoms with Crippen LogP contribution < -0.4 is 5.32 Å². The molecule has 1 unspecified atom stereocenters. The maximum absolute atomic E-state index is 12.4. The van der Waals surface area contributed by atoms with Crippen LogP contribution >= 0.6 is 11.3 Å². The first kappa shape index (κ1) is 17.0. The molecule has 0 saturated carbocycles. The van der Waals surface area contributed by atoms with Gasteiger partial charge >= 0.3 is 0 Å². The molecule has 0 spiro atoms. The summed E-state index contributed by atoms with van der Waals surface area (Å²) in [7, 11) is 0. The zero-order valence-electron chi connectivity index (χ0n) is 14.8. The number of hydrogen-bond donors (Lipinski definition) is 1. The molecule has 1 amide bonds. The molecule has 3 heterocycles. The first-order valence-electron chi connectivity index (χ1n) is 9.01. The van der Waals surface area contributed by atoms with Gasteiger partial charge in [0.05, 0.1) is 4.88 Å². The summed E-state index contributed by atoms with van der Waals surface area (Å²) in [5, 5.41) is 12.0. The fourth-order valence-corrected chi connectivity index (χ4v) is 4.19. The van der Waals surface area contributed by atoms with E-state index >= 15 is 0 Å². The van der Waals surface area contributed by atoms with Crippen molar-refractivity contribution in [2.24, 2.45) is 0 Å². The lowest BCUT2D eigenvalue weighted by Crippen LogP contribution is -2.34. The van der Waals surface area contributed by atoms with E-state index in [-0.39, 0.29) is 11.9 Å². The lowest BCUT2D eigenvalue weighted by atomic mass is 10.1. The first-order valence-corrected chi connectivity index (χ1v) is 9.83. The maximum Gasteiger partial charge on any atom is 0.261 e. The number of nitrogens with one attached hydrogen (secondary N) is 1. The van der Waals surface area contributed by atoms with E-state index in [2.05, 4.69) is 32.2 Å². The Morgan fingerprint density at radius 1 is 1.19 bits per heavy atom. The topological polar surface area (TPSA) is 59.8 Å². The minimum atomic E-state index is 0.0373. The summed E-state index contributed by atoms with van der Waals surface area (Å²) in [5.74, 6) is 2.07. The van der Waals surface area contributed by atoms with Crippen LogP contribution in [-0.2, 0) is 19.4 Å². The van der Waals surface area contributed by atoms with Crippen molar-refractivity contribution < 1.29 is 4.79 Å². The Morgan fingerprint density at radius 2 is 2.04 bits per heavy atom. The second-order valence-electron chi connectivity index (χ2n) is 6.75. The van der Waals surface area contributed by atoms with Crippen molar-refractivity contribution in [1.29, 1.82) is 0 Å². The van der Waals surface area contributed by atoms with Gasteiger partial charge < -0.3 is 9.88 Å². The number of carbonyl (C=O) groups excluding carboxylic acids is 1. The van der Waals surface area contributed by atoms with Crippen molar-refractivity contribution in [3.8, 4) is 0 Å². The van der Waals surface area contributed by atoms with Crippen molar-refractivity contribution in [3.05, 3.63) is 69.4 Å². The molecule has 2 aromatic heterocycles. The predicted octanol–water partition coefficient (Wildman–Crippen LogP) is 3.37. The van der Waals surface area contributed by atoms with Gasteiger partial charge in [-0.25, -0.2) is 0 Å². The third-order valence-electron chi connectivity index (χ3n) is 4.83. The number of amides is 1. The van der Waals surface area contributed by atoms with Crippen LogP contribution in [-0.4, -0.2) is 26.7 Å². The number of aromatic nitrogens is 3. The van der Waals surface area contributed by atoms with Crippen LogP contribution in [0.4, 0.5) is 0 Å². The monoisotopic (exact) mass is 366 g/mol. The summed E-state index contributed by atoms with van der Waals surface area (Å²) in [6.07, 6.45) is 3.44. The summed E-state index contributed by atoms with van der Waals surface area (Å²) in [6, 6.07) is 14.4. The third-order valence-corrected chi connectivity index (χ3v) is 5.83. The molecule has 0 bridgehead atoms. The molecule has 1 aromatic carbocycles. The number of hydrogen-bond acceptors (Lipinski definition) is 4. The Bertz CT molecular complexity index is 900. The van der Waals surface area contributed by atoms with Crippen molar-refractivity contribution in [3.63, 3.8) is 0 Å². The van der Waals surface area contributed by atoms with Gasteiger partial charge in [-0.1, -0.05) is 30.3 Å². The molecule has 26 heavy (non-hydrogen) atoms. The lowest BCUT2D eigenvalue weighted by molar-refractivity contribution is 0.0937. The number of aryl methyl sites for hydroxylation is 2. The number of rotatable bonds is 4. The number of benzene rings is 1. The highest BCUT2D eigenvalue weighted by atomic mass is 32.1.